The fourth-order valence-corrected chi connectivity index (χ4v) is 4.18. The van der Waals surface area contributed by atoms with Gasteiger partial charge in [0.15, 0.2) is 0 Å². The lowest BCUT2D eigenvalue weighted by Crippen LogP contribution is -2.47. The van der Waals surface area contributed by atoms with Crippen molar-refractivity contribution in [1.29, 1.82) is 0 Å². The van der Waals surface area contributed by atoms with Crippen molar-refractivity contribution in [3.05, 3.63) is 59.1 Å². The van der Waals surface area contributed by atoms with Crippen molar-refractivity contribution < 1.29 is 9.59 Å². The molecule has 1 fully saturated rings. The summed E-state index contributed by atoms with van der Waals surface area (Å²) in [5.41, 5.74) is 2.96. The summed E-state index contributed by atoms with van der Waals surface area (Å²) in [7, 11) is 0. The molecule has 2 aromatic carbocycles. The van der Waals surface area contributed by atoms with E-state index in [1.165, 1.54) is 0 Å². The third-order valence-electron chi connectivity index (χ3n) is 5.51. The maximum atomic E-state index is 12.9. The second-order valence-corrected chi connectivity index (χ2v) is 9.72. The Balaban J connectivity index is 1.65. The van der Waals surface area contributed by atoms with Crippen molar-refractivity contribution in [1.82, 2.24) is 10.2 Å². The van der Waals surface area contributed by atoms with Gasteiger partial charge in [0.1, 0.15) is 6.04 Å². The molecule has 1 saturated heterocycles. The van der Waals surface area contributed by atoms with Gasteiger partial charge in [0.05, 0.1) is 6.04 Å². The normalized spacial score (nSPS) is 17.6. The van der Waals surface area contributed by atoms with E-state index in [0.29, 0.717) is 18.0 Å². The minimum Gasteiger partial charge on any atom is -0.348 e. The van der Waals surface area contributed by atoms with E-state index in [1.54, 1.807) is 4.90 Å². The third-order valence-corrected chi connectivity index (χ3v) is 5.84. The van der Waals surface area contributed by atoms with E-state index in [4.69, 9.17) is 11.6 Å². The Morgan fingerprint density at radius 1 is 1.13 bits per heavy atom. The van der Waals surface area contributed by atoms with Gasteiger partial charge in [-0.25, -0.2) is 0 Å². The van der Waals surface area contributed by atoms with Gasteiger partial charge in [0, 0.05) is 23.6 Å². The van der Waals surface area contributed by atoms with Crippen LogP contribution in [0.4, 0.5) is 0 Å². The molecular weight excluding hydrogens is 396 g/mol. The minimum absolute atomic E-state index is 0.0666. The Kier molecular flexibility index (Phi) is 6.87. The molecule has 1 N–H and O–H groups in total. The van der Waals surface area contributed by atoms with E-state index in [9.17, 15) is 9.59 Å². The van der Waals surface area contributed by atoms with Crippen molar-refractivity contribution >= 4 is 23.4 Å². The first-order valence-electron chi connectivity index (χ1n) is 10.6. The zero-order chi connectivity index (χ0) is 21.9. The molecule has 0 radical (unpaired) electrons. The van der Waals surface area contributed by atoms with Crippen LogP contribution < -0.4 is 5.32 Å². The van der Waals surface area contributed by atoms with Crippen LogP contribution in [0.25, 0.3) is 11.1 Å². The second-order valence-electron chi connectivity index (χ2n) is 9.31. The van der Waals surface area contributed by atoms with Crippen LogP contribution in [0.2, 0.25) is 5.02 Å². The highest BCUT2D eigenvalue weighted by atomic mass is 35.5. The van der Waals surface area contributed by atoms with Crippen molar-refractivity contribution in [2.45, 2.75) is 59.0 Å². The monoisotopic (exact) mass is 426 g/mol. The zero-order valence-corrected chi connectivity index (χ0v) is 19.0. The van der Waals surface area contributed by atoms with E-state index < -0.39 is 0 Å². The number of rotatable bonds is 5. The predicted octanol–water partition coefficient (Wildman–Crippen LogP) is 5.61. The number of benzene rings is 2. The van der Waals surface area contributed by atoms with Crippen LogP contribution in [-0.2, 0) is 9.59 Å². The van der Waals surface area contributed by atoms with Crippen molar-refractivity contribution in [3.63, 3.8) is 0 Å². The summed E-state index contributed by atoms with van der Waals surface area (Å²) in [6.45, 7) is 8.77. The largest absolute Gasteiger partial charge is 0.348 e. The van der Waals surface area contributed by atoms with Gasteiger partial charge in [-0.1, -0.05) is 74.8 Å². The van der Waals surface area contributed by atoms with Gasteiger partial charge in [-0.3, -0.25) is 9.59 Å². The fourth-order valence-electron chi connectivity index (χ4n) is 3.93. The van der Waals surface area contributed by atoms with Crippen LogP contribution in [0.3, 0.4) is 0 Å². The topological polar surface area (TPSA) is 49.4 Å². The summed E-state index contributed by atoms with van der Waals surface area (Å²) in [5.74, 6) is -0.00525. The SMILES string of the molecule is CC(NC(=O)C1CCCN1C(=O)CC(C)(C)C)c1ccc(-c2ccccc2Cl)cc1. The molecule has 0 aliphatic carbocycles. The average molecular weight is 427 g/mol. The van der Waals surface area contributed by atoms with Gasteiger partial charge >= 0.3 is 0 Å². The summed E-state index contributed by atoms with van der Waals surface area (Å²) in [6, 6.07) is 15.3. The molecule has 0 spiro atoms. The van der Waals surface area contributed by atoms with Gasteiger partial charge in [0.25, 0.3) is 0 Å². The van der Waals surface area contributed by atoms with E-state index in [1.807, 2.05) is 76.2 Å². The second kappa shape index (κ2) is 9.22. The summed E-state index contributed by atoms with van der Waals surface area (Å²) in [5, 5.41) is 3.81. The van der Waals surface area contributed by atoms with Crippen LogP contribution in [0.1, 0.15) is 58.6 Å². The molecule has 0 bridgehead atoms. The fraction of sp³-hybridized carbons (Fsp3) is 0.440. The van der Waals surface area contributed by atoms with Gasteiger partial charge < -0.3 is 10.2 Å². The summed E-state index contributed by atoms with van der Waals surface area (Å²) < 4.78 is 0. The summed E-state index contributed by atoms with van der Waals surface area (Å²) in [6.07, 6.45) is 2.05. The lowest BCUT2D eigenvalue weighted by molar-refractivity contribution is -0.140. The minimum atomic E-state index is -0.371. The van der Waals surface area contributed by atoms with Gasteiger partial charge in [0.2, 0.25) is 11.8 Å². The highest BCUT2D eigenvalue weighted by molar-refractivity contribution is 6.33. The van der Waals surface area contributed by atoms with Crippen molar-refractivity contribution in [3.8, 4) is 11.1 Å². The van der Waals surface area contributed by atoms with Gasteiger partial charge in [-0.15, -0.1) is 0 Å². The molecule has 2 atom stereocenters. The molecule has 5 heteroatoms. The number of nitrogens with one attached hydrogen (secondary N) is 1. The number of amides is 2. The number of hydrogen-bond donors (Lipinski definition) is 1. The van der Waals surface area contributed by atoms with Gasteiger partial charge in [-0.2, -0.15) is 0 Å². The Morgan fingerprint density at radius 3 is 2.43 bits per heavy atom. The summed E-state index contributed by atoms with van der Waals surface area (Å²) >= 11 is 6.29. The first-order chi connectivity index (χ1) is 14.2. The molecule has 160 valence electrons. The van der Waals surface area contributed by atoms with Crippen LogP contribution in [0, 0.1) is 5.41 Å². The van der Waals surface area contributed by atoms with Crippen LogP contribution in [0.15, 0.2) is 48.5 Å². The zero-order valence-electron chi connectivity index (χ0n) is 18.2. The van der Waals surface area contributed by atoms with Gasteiger partial charge in [-0.05, 0) is 42.4 Å². The molecule has 1 aliphatic heterocycles. The molecule has 2 amide bonds. The lowest BCUT2D eigenvalue weighted by atomic mass is 9.91. The number of nitrogens with zero attached hydrogens (tertiary/aromatic N) is 1. The Hall–Kier alpha value is -2.33. The highest BCUT2D eigenvalue weighted by Gasteiger charge is 2.35. The quantitative estimate of drug-likeness (QED) is 0.675. The van der Waals surface area contributed by atoms with E-state index >= 15 is 0 Å². The first-order valence-corrected chi connectivity index (χ1v) is 11.0. The molecule has 1 heterocycles. The lowest BCUT2D eigenvalue weighted by Gasteiger charge is -2.28. The molecule has 0 aromatic heterocycles. The molecule has 2 unspecified atom stereocenters. The number of carbonyl (C=O) groups is 2. The highest BCUT2D eigenvalue weighted by Crippen LogP contribution is 2.29. The smallest absolute Gasteiger partial charge is 0.243 e. The molecule has 3 rings (SSSR count). The Bertz CT molecular complexity index is 902. The average Bonchev–Trinajstić information content (AvgIpc) is 3.17. The van der Waals surface area contributed by atoms with Crippen molar-refractivity contribution in [2.75, 3.05) is 6.54 Å². The Labute approximate surface area is 184 Å². The molecule has 4 nitrogen and oxygen atoms in total. The molecule has 30 heavy (non-hydrogen) atoms. The molecule has 0 saturated carbocycles. The maximum absolute atomic E-state index is 12.9. The number of halogens is 1. The standard InChI is InChI=1S/C25H31ClN2O2/c1-17(18-11-13-19(14-12-18)20-8-5-6-9-21(20)26)27-24(30)22-10-7-15-28(22)23(29)16-25(2,3)4/h5-6,8-9,11-14,17,22H,7,10,15-16H2,1-4H3,(H,27,30). The first kappa shape index (κ1) is 22.4. The number of hydrogen-bond acceptors (Lipinski definition) is 2. The van der Waals surface area contributed by atoms with Crippen molar-refractivity contribution in [2.24, 2.45) is 5.41 Å². The third kappa shape index (κ3) is 5.42. The van der Waals surface area contributed by atoms with Crippen LogP contribution in [0.5, 0.6) is 0 Å². The molecular formula is C25H31ClN2O2. The predicted molar refractivity (Wildman–Crippen MR) is 122 cm³/mol. The van der Waals surface area contributed by atoms with Crippen LogP contribution >= 0.6 is 11.6 Å². The van der Waals surface area contributed by atoms with Crippen LogP contribution in [-0.4, -0.2) is 29.3 Å². The molecule has 2 aromatic rings. The van der Waals surface area contributed by atoms with E-state index in [2.05, 4.69) is 5.32 Å². The van der Waals surface area contributed by atoms with E-state index in [0.717, 1.165) is 29.5 Å². The Morgan fingerprint density at radius 2 is 1.80 bits per heavy atom. The number of likely N-dealkylation sites (tertiary alicyclic amines) is 1. The maximum Gasteiger partial charge on any atom is 0.243 e. The molecule has 1 aliphatic rings. The number of carbonyl (C=O) groups excluding carboxylic acids is 2. The van der Waals surface area contributed by atoms with E-state index in [-0.39, 0.29) is 29.3 Å². The summed E-state index contributed by atoms with van der Waals surface area (Å²) in [4.78, 5) is 27.3.